The van der Waals surface area contributed by atoms with E-state index in [-0.39, 0.29) is 6.61 Å². The Bertz CT molecular complexity index is 484. The predicted molar refractivity (Wildman–Crippen MR) is 84.0 cm³/mol. The van der Waals surface area contributed by atoms with Gasteiger partial charge in [0.2, 0.25) is 0 Å². The molecule has 0 spiro atoms. The highest BCUT2D eigenvalue weighted by Crippen LogP contribution is 2.22. The zero-order chi connectivity index (χ0) is 15.8. The van der Waals surface area contributed by atoms with Crippen LogP contribution in [0.3, 0.4) is 0 Å². The van der Waals surface area contributed by atoms with Crippen molar-refractivity contribution in [1.29, 1.82) is 0 Å². The highest BCUT2D eigenvalue weighted by atomic mass is 32.2. The normalized spacial score (nSPS) is 11.8. The average Bonchev–Trinajstić information content (AvgIpc) is 2.42. The number of benzene rings is 1. The fourth-order valence-electron chi connectivity index (χ4n) is 1.89. The number of carboxylic acids is 1. The third-order valence-electron chi connectivity index (χ3n) is 3.00. The smallest absolute Gasteiger partial charge is 0.326 e. The van der Waals surface area contributed by atoms with Crippen molar-refractivity contribution < 1.29 is 19.4 Å². The molecular weight excluding hydrogens is 290 g/mol. The molecule has 0 fully saturated rings. The first-order valence-corrected chi connectivity index (χ1v) is 8.05. The highest BCUT2D eigenvalue weighted by molar-refractivity contribution is 7.98. The minimum absolute atomic E-state index is 0.186. The lowest BCUT2D eigenvalue weighted by Gasteiger charge is -2.15. The maximum atomic E-state index is 11.8. The van der Waals surface area contributed by atoms with Gasteiger partial charge < -0.3 is 15.2 Å². The summed E-state index contributed by atoms with van der Waals surface area (Å²) < 4.78 is 5.50. The molecule has 1 rings (SSSR count). The number of nitrogens with one attached hydrogen (secondary N) is 1. The van der Waals surface area contributed by atoms with E-state index in [4.69, 9.17) is 9.84 Å². The van der Waals surface area contributed by atoms with Gasteiger partial charge in [0.05, 0.1) is 0 Å². The second kappa shape index (κ2) is 8.56. The van der Waals surface area contributed by atoms with E-state index < -0.39 is 17.9 Å². The number of carboxylic acid groups (broad SMARTS) is 1. The van der Waals surface area contributed by atoms with E-state index in [9.17, 15) is 9.59 Å². The summed E-state index contributed by atoms with van der Waals surface area (Å²) >= 11 is 1.54. The van der Waals surface area contributed by atoms with Crippen LogP contribution in [0.15, 0.2) is 18.2 Å². The lowest BCUT2D eigenvalue weighted by Crippen LogP contribution is -2.43. The second-order valence-corrected chi connectivity index (χ2v) is 5.74. The number of rotatable bonds is 8. The SMILES string of the molecule is CSCC[C@@H](NC(=O)COc1c(C)cccc1C)C(=O)O. The molecule has 0 aliphatic rings. The highest BCUT2D eigenvalue weighted by Gasteiger charge is 2.19. The number of carbonyl (C=O) groups is 2. The summed E-state index contributed by atoms with van der Waals surface area (Å²) in [6, 6.07) is 4.85. The molecule has 2 N–H and O–H groups in total. The molecule has 21 heavy (non-hydrogen) atoms. The summed E-state index contributed by atoms with van der Waals surface area (Å²) in [7, 11) is 0. The maximum absolute atomic E-state index is 11.8. The van der Waals surface area contributed by atoms with Gasteiger partial charge in [0.25, 0.3) is 5.91 Å². The first kappa shape index (κ1) is 17.4. The van der Waals surface area contributed by atoms with Crippen molar-refractivity contribution in [1.82, 2.24) is 5.32 Å². The molecule has 5 nitrogen and oxygen atoms in total. The summed E-state index contributed by atoms with van der Waals surface area (Å²) in [5, 5.41) is 11.5. The lowest BCUT2D eigenvalue weighted by molar-refractivity contribution is -0.142. The molecule has 0 bridgehead atoms. The summed E-state index contributed by atoms with van der Waals surface area (Å²) in [5.74, 6) is -0.103. The number of aryl methyl sites for hydroxylation is 2. The summed E-state index contributed by atoms with van der Waals surface area (Å²) in [6.07, 6.45) is 2.29. The van der Waals surface area contributed by atoms with Gasteiger partial charge in [-0.2, -0.15) is 11.8 Å². The molecule has 0 unspecified atom stereocenters. The van der Waals surface area contributed by atoms with Gasteiger partial charge in [0, 0.05) is 0 Å². The molecule has 1 aromatic rings. The Morgan fingerprint density at radius 1 is 1.33 bits per heavy atom. The van der Waals surface area contributed by atoms with Crippen LogP contribution in [-0.4, -0.2) is 41.6 Å². The zero-order valence-electron chi connectivity index (χ0n) is 12.5. The number of hydrogen-bond donors (Lipinski definition) is 2. The Balaban J connectivity index is 2.55. The predicted octanol–water partition coefficient (Wildman–Crippen LogP) is 2.00. The molecule has 0 heterocycles. The van der Waals surface area contributed by atoms with E-state index in [2.05, 4.69) is 5.32 Å². The third-order valence-corrected chi connectivity index (χ3v) is 3.64. The number of ether oxygens (including phenoxy) is 1. The number of thioether (sulfide) groups is 1. The Kier molecular flexibility index (Phi) is 7.08. The van der Waals surface area contributed by atoms with Crippen molar-refractivity contribution >= 4 is 23.6 Å². The van der Waals surface area contributed by atoms with Gasteiger partial charge in [-0.15, -0.1) is 0 Å². The maximum Gasteiger partial charge on any atom is 0.326 e. The molecule has 6 heteroatoms. The van der Waals surface area contributed by atoms with E-state index in [0.29, 0.717) is 17.9 Å². The standard InChI is InChI=1S/C15H21NO4S/c1-10-5-4-6-11(2)14(10)20-9-13(17)16-12(15(18)19)7-8-21-3/h4-6,12H,7-9H2,1-3H3,(H,16,17)(H,18,19)/t12-/m1/s1. The van der Waals surface area contributed by atoms with Crippen molar-refractivity contribution in [3.63, 3.8) is 0 Å². The third kappa shape index (κ3) is 5.67. The number of amides is 1. The topological polar surface area (TPSA) is 75.6 Å². The Labute approximate surface area is 129 Å². The van der Waals surface area contributed by atoms with Crippen LogP contribution in [0.25, 0.3) is 0 Å². The molecule has 0 aliphatic heterocycles. The molecule has 0 radical (unpaired) electrons. The van der Waals surface area contributed by atoms with Gasteiger partial charge in [-0.25, -0.2) is 4.79 Å². The first-order valence-electron chi connectivity index (χ1n) is 6.65. The molecule has 0 aliphatic carbocycles. The Morgan fingerprint density at radius 2 is 1.95 bits per heavy atom. The van der Waals surface area contributed by atoms with Crippen molar-refractivity contribution in [2.45, 2.75) is 26.3 Å². The first-order chi connectivity index (χ1) is 9.95. The summed E-state index contributed by atoms with van der Waals surface area (Å²) in [4.78, 5) is 22.9. The molecular formula is C15H21NO4S. The Morgan fingerprint density at radius 3 is 2.48 bits per heavy atom. The van der Waals surface area contributed by atoms with Gasteiger partial charge in [-0.3, -0.25) is 4.79 Å². The second-order valence-electron chi connectivity index (χ2n) is 4.75. The van der Waals surface area contributed by atoms with Gasteiger partial charge >= 0.3 is 5.97 Å². The largest absolute Gasteiger partial charge is 0.483 e. The van der Waals surface area contributed by atoms with Crippen molar-refractivity contribution in [2.24, 2.45) is 0 Å². The molecule has 1 aromatic carbocycles. The molecule has 0 aromatic heterocycles. The van der Waals surface area contributed by atoms with Crippen LogP contribution in [0.2, 0.25) is 0 Å². The van der Waals surface area contributed by atoms with E-state index in [1.807, 2.05) is 38.3 Å². The van der Waals surface area contributed by atoms with Crippen LogP contribution in [0.1, 0.15) is 17.5 Å². The number of carbonyl (C=O) groups excluding carboxylic acids is 1. The van der Waals surface area contributed by atoms with Gasteiger partial charge in [-0.1, -0.05) is 18.2 Å². The van der Waals surface area contributed by atoms with E-state index in [1.54, 1.807) is 11.8 Å². The van der Waals surface area contributed by atoms with Crippen LogP contribution in [0.5, 0.6) is 5.75 Å². The van der Waals surface area contributed by atoms with Gasteiger partial charge in [0.15, 0.2) is 6.61 Å². The van der Waals surface area contributed by atoms with Crippen LogP contribution < -0.4 is 10.1 Å². The van der Waals surface area contributed by atoms with Crippen LogP contribution in [0, 0.1) is 13.8 Å². The van der Waals surface area contributed by atoms with Gasteiger partial charge in [-0.05, 0) is 43.4 Å². The molecule has 0 saturated heterocycles. The van der Waals surface area contributed by atoms with Crippen molar-refractivity contribution in [2.75, 3.05) is 18.6 Å². The quantitative estimate of drug-likeness (QED) is 0.768. The molecule has 1 amide bonds. The molecule has 0 saturated carbocycles. The number of hydrogen-bond acceptors (Lipinski definition) is 4. The fraction of sp³-hybridized carbons (Fsp3) is 0.467. The minimum Gasteiger partial charge on any atom is -0.483 e. The molecule has 116 valence electrons. The van der Waals surface area contributed by atoms with E-state index in [0.717, 1.165) is 11.1 Å². The van der Waals surface area contributed by atoms with Gasteiger partial charge in [0.1, 0.15) is 11.8 Å². The van der Waals surface area contributed by atoms with Crippen LogP contribution >= 0.6 is 11.8 Å². The zero-order valence-corrected chi connectivity index (χ0v) is 13.3. The monoisotopic (exact) mass is 311 g/mol. The van der Waals surface area contributed by atoms with Crippen LogP contribution in [-0.2, 0) is 9.59 Å². The summed E-state index contributed by atoms with van der Waals surface area (Å²) in [6.45, 7) is 3.62. The Hall–Kier alpha value is -1.69. The minimum atomic E-state index is -1.02. The molecule has 1 atom stereocenters. The fourth-order valence-corrected chi connectivity index (χ4v) is 2.37. The van der Waals surface area contributed by atoms with Crippen molar-refractivity contribution in [3.05, 3.63) is 29.3 Å². The number of para-hydroxylation sites is 1. The van der Waals surface area contributed by atoms with E-state index in [1.165, 1.54) is 0 Å². The summed E-state index contributed by atoms with van der Waals surface area (Å²) in [5.41, 5.74) is 1.89. The van der Waals surface area contributed by atoms with E-state index >= 15 is 0 Å². The number of aliphatic carboxylic acids is 1. The van der Waals surface area contributed by atoms with Crippen molar-refractivity contribution in [3.8, 4) is 5.75 Å². The lowest BCUT2D eigenvalue weighted by atomic mass is 10.1. The average molecular weight is 311 g/mol. The van der Waals surface area contributed by atoms with Crippen LogP contribution in [0.4, 0.5) is 0 Å².